The summed E-state index contributed by atoms with van der Waals surface area (Å²) in [6.45, 7) is 10.6. The maximum atomic E-state index is 5.72. The number of nitrogens with zero attached hydrogens (tertiary/aromatic N) is 1. The zero-order valence-electron chi connectivity index (χ0n) is 9.15. The van der Waals surface area contributed by atoms with Crippen LogP contribution in [0.25, 0.3) is 0 Å². The lowest BCUT2D eigenvalue weighted by molar-refractivity contribution is 0.116. The minimum atomic E-state index is 0.493. The minimum Gasteiger partial charge on any atom is -0.302 e. The van der Waals surface area contributed by atoms with Gasteiger partial charge >= 0.3 is 0 Å². The van der Waals surface area contributed by atoms with E-state index in [0.717, 1.165) is 18.3 Å². The highest BCUT2D eigenvalue weighted by molar-refractivity contribution is 6.18. The molecule has 2 heteroatoms. The molecule has 0 saturated carbocycles. The molecular weight excluding hydrogens is 182 g/mol. The number of hydrogen-bond donors (Lipinski definition) is 0. The fourth-order valence-electron chi connectivity index (χ4n) is 2.14. The summed E-state index contributed by atoms with van der Waals surface area (Å²) in [6.07, 6.45) is 2.70. The van der Waals surface area contributed by atoms with Crippen molar-refractivity contribution >= 4 is 11.6 Å². The number of piperidine rings is 1. The summed E-state index contributed by atoms with van der Waals surface area (Å²) in [5, 5.41) is 0. The normalized spacial score (nSPS) is 22.2. The average Bonchev–Trinajstić information content (AvgIpc) is 2.04. The summed E-state index contributed by atoms with van der Waals surface area (Å²) in [5.41, 5.74) is 0.493. The van der Waals surface area contributed by atoms with Crippen LogP contribution in [0.4, 0.5) is 0 Å². The van der Waals surface area contributed by atoms with Gasteiger partial charge in [-0.2, -0.15) is 0 Å². The van der Waals surface area contributed by atoms with Gasteiger partial charge in [0.2, 0.25) is 0 Å². The number of rotatable bonds is 2. The van der Waals surface area contributed by atoms with Gasteiger partial charge in [-0.1, -0.05) is 20.8 Å². The Labute approximate surface area is 87.4 Å². The molecule has 1 heterocycles. The third kappa shape index (κ3) is 3.47. The first kappa shape index (κ1) is 11.3. The summed E-state index contributed by atoms with van der Waals surface area (Å²) in [6, 6.07) is 0. The molecule has 0 aliphatic carbocycles. The Bertz CT molecular complexity index is 143. The van der Waals surface area contributed by atoms with E-state index in [-0.39, 0.29) is 0 Å². The fraction of sp³-hybridized carbons (Fsp3) is 1.00. The van der Waals surface area contributed by atoms with Crippen LogP contribution in [0.15, 0.2) is 0 Å². The molecule has 1 rings (SSSR count). The molecule has 78 valence electrons. The quantitative estimate of drug-likeness (QED) is 0.624. The Kier molecular flexibility index (Phi) is 4.06. The molecule has 1 aliphatic rings. The van der Waals surface area contributed by atoms with Gasteiger partial charge in [-0.15, -0.1) is 11.6 Å². The second kappa shape index (κ2) is 4.65. The number of alkyl halides is 1. The van der Waals surface area contributed by atoms with Crippen LogP contribution in [0.3, 0.4) is 0 Å². The van der Waals surface area contributed by atoms with Gasteiger partial charge < -0.3 is 4.90 Å². The highest BCUT2D eigenvalue weighted by atomic mass is 35.5. The molecule has 1 aliphatic heterocycles. The third-order valence-electron chi connectivity index (χ3n) is 3.21. The minimum absolute atomic E-state index is 0.493. The van der Waals surface area contributed by atoms with E-state index >= 15 is 0 Å². The largest absolute Gasteiger partial charge is 0.302 e. The Morgan fingerprint density at radius 3 is 2.15 bits per heavy atom. The predicted octanol–water partition coefficient (Wildman–Crippen LogP) is 2.98. The Morgan fingerprint density at radius 2 is 1.77 bits per heavy atom. The molecule has 0 N–H and O–H groups in total. The molecule has 0 amide bonds. The van der Waals surface area contributed by atoms with E-state index < -0.39 is 0 Å². The van der Waals surface area contributed by atoms with Crippen LogP contribution in [-0.2, 0) is 0 Å². The molecule has 0 radical (unpaired) electrons. The van der Waals surface area contributed by atoms with E-state index in [9.17, 15) is 0 Å². The van der Waals surface area contributed by atoms with Crippen molar-refractivity contribution in [3.05, 3.63) is 0 Å². The monoisotopic (exact) mass is 203 g/mol. The van der Waals surface area contributed by atoms with Gasteiger partial charge in [0.25, 0.3) is 0 Å². The van der Waals surface area contributed by atoms with Gasteiger partial charge in [-0.25, -0.2) is 0 Å². The molecule has 13 heavy (non-hydrogen) atoms. The van der Waals surface area contributed by atoms with Crippen molar-refractivity contribution in [2.45, 2.75) is 33.6 Å². The first-order valence-electron chi connectivity index (χ1n) is 5.32. The van der Waals surface area contributed by atoms with Gasteiger partial charge in [0, 0.05) is 12.4 Å². The van der Waals surface area contributed by atoms with Crippen LogP contribution in [-0.4, -0.2) is 30.4 Å². The topological polar surface area (TPSA) is 3.24 Å². The van der Waals surface area contributed by atoms with Crippen molar-refractivity contribution in [2.75, 3.05) is 25.5 Å². The van der Waals surface area contributed by atoms with Crippen molar-refractivity contribution < 1.29 is 0 Å². The van der Waals surface area contributed by atoms with Gasteiger partial charge in [-0.3, -0.25) is 0 Å². The van der Waals surface area contributed by atoms with Crippen molar-refractivity contribution in [1.29, 1.82) is 0 Å². The lowest BCUT2D eigenvalue weighted by Crippen LogP contribution is -2.38. The Morgan fingerprint density at radius 1 is 1.23 bits per heavy atom. The van der Waals surface area contributed by atoms with E-state index in [1.54, 1.807) is 0 Å². The summed E-state index contributed by atoms with van der Waals surface area (Å²) in [4.78, 5) is 2.48. The van der Waals surface area contributed by atoms with E-state index in [2.05, 4.69) is 25.7 Å². The lowest BCUT2D eigenvalue weighted by atomic mass is 9.75. The van der Waals surface area contributed by atoms with Gasteiger partial charge in [0.1, 0.15) is 0 Å². The molecule has 1 nitrogen and oxygen atoms in total. The molecule has 0 bridgehead atoms. The fourth-order valence-corrected chi connectivity index (χ4v) is 2.38. The molecule has 0 atom stereocenters. The summed E-state index contributed by atoms with van der Waals surface area (Å²) < 4.78 is 0. The van der Waals surface area contributed by atoms with Crippen LogP contribution in [0.2, 0.25) is 0 Å². The van der Waals surface area contributed by atoms with E-state index in [1.165, 1.54) is 25.9 Å². The Balaban J connectivity index is 2.30. The zero-order valence-corrected chi connectivity index (χ0v) is 9.90. The highest BCUT2D eigenvalue weighted by Gasteiger charge is 2.28. The molecule has 1 fully saturated rings. The number of hydrogen-bond acceptors (Lipinski definition) is 1. The molecule has 0 aromatic heterocycles. The smallest absolute Gasteiger partial charge is 0.0351 e. The van der Waals surface area contributed by atoms with Crippen LogP contribution in [0, 0.1) is 11.3 Å². The first-order chi connectivity index (χ1) is 6.04. The number of likely N-dealkylation sites (tertiary alicyclic amines) is 1. The van der Waals surface area contributed by atoms with E-state index in [0.29, 0.717) is 5.41 Å². The van der Waals surface area contributed by atoms with Crippen LogP contribution >= 0.6 is 11.6 Å². The molecule has 0 unspecified atom stereocenters. The van der Waals surface area contributed by atoms with Crippen LogP contribution < -0.4 is 0 Å². The molecular formula is C11H22ClN. The van der Waals surface area contributed by atoms with Gasteiger partial charge in [-0.05, 0) is 37.3 Å². The predicted molar refractivity (Wildman–Crippen MR) is 59.3 cm³/mol. The average molecular weight is 204 g/mol. The molecule has 1 saturated heterocycles. The van der Waals surface area contributed by atoms with Crippen molar-refractivity contribution in [1.82, 2.24) is 4.90 Å². The number of halogens is 1. The standard InChI is InChI=1S/C11H22ClN/c1-11(2,3)10-4-7-13(8-5-10)9-6-12/h10H,4-9H2,1-3H3. The van der Waals surface area contributed by atoms with E-state index in [1.807, 2.05) is 0 Å². The maximum Gasteiger partial charge on any atom is 0.0351 e. The van der Waals surface area contributed by atoms with Crippen LogP contribution in [0.5, 0.6) is 0 Å². The summed E-state index contributed by atoms with van der Waals surface area (Å²) in [5.74, 6) is 1.68. The maximum absolute atomic E-state index is 5.72. The Hall–Kier alpha value is 0.250. The lowest BCUT2D eigenvalue weighted by Gasteiger charge is -2.38. The van der Waals surface area contributed by atoms with Gasteiger partial charge in [0.15, 0.2) is 0 Å². The third-order valence-corrected chi connectivity index (χ3v) is 3.38. The molecule has 0 aromatic carbocycles. The molecule has 0 aromatic rings. The SMILES string of the molecule is CC(C)(C)C1CCN(CCCl)CC1. The zero-order chi connectivity index (χ0) is 9.90. The van der Waals surface area contributed by atoms with Gasteiger partial charge in [0.05, 0.1) is 0 Å². The van der Waals surface area contributed by atoms with Crippen molar-refractivity contribution in [3.63, 3.8) is 0 Å². The van der Waals surface area contributed by atoms with Crippen molar-refractivity contribution in [2.24, 2.45) is 11.3 Å². The summed E-state index contributed by atoms with van der Waals surface area (Å²) >= 11 is 5.72. The van der Waals surface area contributed by atoms with Crippen LogP contribution in [0.1, 0.15) is 33.6 Å². The second-order valence-corrected chi connectivity index (χ2v) is 5.55. The van der Waals surface area contributed by atoms with Crippen molar-refractivity contribution in [3.8, 4) is 0 Å². The molecule has 0 spiro atoms. The van der Waals surface area contributed by atoms with E-state index in [4.69, 9.17) is 11.6 Å². The first-order valence-corrected chi connectivity index (χ1v) is 5.86. The second-order valence-electron chi connectivity index (χ2n) is 5.17. The highest BCUT2D eigenvalue weighted by Crippen LogP contribution is 2.33. The summed E-state index contributed by atoms with van der Waals surface area (Å²) in [7, 11) is 0.